The van der Waals surface area contributed by atoms with Crippen LogP contribution in [0.4, 0.5) is 0 Å². The van der Waals surface area contributed by atoms with Crippen LogP contribution in [-0.4, -0.2) is 16.8 Å². The maximum atomic E-state index is 10.3. The van der Waals surface area contributed by atoms with Crippen molar-refractivity contribution in [3.8, 4) is 47.4 Å². The van der Waals surface area contributed by atoms with E-state index >= 15 is 0 Å². The fraction of sp³-hybridized carbons (Fsp3) is 0.348. The van der Waals surface area contributed by atoms with E-state index in [0.29, 0.717) is 32.1 Å². The van der Waals surface area contributed by atoms with Crippen molar-refractivity contribution in [1.82, 2.24) is 0 Å². The molecule has 0 spiro atoms. The molecule has 1 rings (SSSR count). The smallest absolute Gasteiger partial charge is 0.303 e. The van der Waals surface area contributed by atoms with Crippen LogP contribution in [0.5, 0.6) is 0 Å². The zero-order chi connectivity index (χ0) is 18.9. The summed E-state index contributed by atoms with van der Waals surface area (Å²) in [6.07, 6.45) is 2.97. The Balaban J connectivity index is 2.09. The lowest BCUT2D eigenvalue weighted by Crippen LogP contribution is -1.92. The number of benzene rings is 1. The lowest BCUT2D eigenvalue weighted by atomic mass is 10.2. The van der Waals surface area contributed by atoms with Crippen LogP contribution in [0, 0.1) is 54.3 Å². The van der Waals surface area contributed by atoms with Crippen LogP contribution in [0.1, 0.15) is 44.1 Å². The highest BCUT2D eigenvalue weighted by Gasteiger charge is 1.92. The number of hydrogen-bond donors (Lipinski definition) is 1. The van der Waals surface area contributed by atoms with Gasteiger partial charge in [-0.25, -0.2) is 0 Å². The van der Waals surface area contributed by atoms with E-state index in [1.54, 1.807) is 11.8 Å². The van der Waals surface area contributed by atoms with Gasteiger partial charge in [0.15, 0.2) is 0 Å². The van der Waals surface area contributed by atoms with Gasteiger partial charge in [-0.3, -0.25) is 4.79 Å². The summed E-state index contributed by atoms with van der Waals surface area (Å²) in [5, 5.41) is 8.48. The minimum Gasteiger partial charge on any atom is -0.481 e. The van der Waals surface area contributed by atoms with Crippen molar-refractivity contribution in [1.29, 1.82) is 0 Å². The second-order valence-corrected chi connectivity index (χ2v) is 6.35. The molecular weight excluding hydrogens is 340 g/mol. The maximum absolute atomic E-state index is 10.3. The van der Waals surface area contributed by atoms with E-state index in [1.165, 1.54) is 10.5 Å². The number of aliphatic carboxylic acids is 1. The number of aryl methyl sites for hydroxylation is 1. The lowest BCUT2D eigenvalue weighted by molar-refractivity contribution is -0.137. The van der Waals surface area contributed by atoms with Gasteiger partial charge in [0.25, 0.3) is 0 Å². The van der Waals surface area contributed by atoms with Gasteiger partial charge >= 0.3 is 5.97 Å². The Bertz CT molecular complexity index is 824. The predicted octanol–water partition coefficient (Wildman–Crippen LogP) is 4.53. The molecule has 3 heteroatoms. The SMILES string of the molecule is Cc1cccc(SCC#CCC#CCC#CCC#CCCCC(=O)O)c1. The molecule has 1 aromatic rings. The molecule has 132 valence electrons. The Morgan fingerprint density at radius 3 is 2.19 bits per heavy atom. The minimum atomic E-state index is -0.778. The normalized spacial score (nSPS) is 8.50. The number of rotatable bonds is 5. The molecule has 0 heterocycles. The zero-order valence-electron chi connectivity index (χ0n) is 15.0. The fourth-order valence-corrected chi connectivity index (χ4v) is 2.58. The number of hydrogen-bond acceptors (Lipinski definition) is 2. The van der Waals surface area contributed by atoms with E-state index in [4.69, 9.17) is 5.11 Å². The van der Waals surface area contributed by atoms with Gasteiger partial charge in [-0.05, 0) is 25.5 Å². The predicted molar refractivity (Wildman–Crippen MR) is 108 cm³/mol. The van der Waals surface area contributed by atoms with Gasteiger partial charge in [-0.1, -0.05) is 59.1 Å². The second kappa shape index (κ2) is 14.6. The third-order valence-corrected chi connectivity index (χ3v) is 3.90. The Morgan fingerprint density at radius 2 is 1.58 bits per heavy atom. The lowest BCUT2D eigenvalue weighted by Gasteiger charge is -1.97. The van der Waals surface area contributed by atoms with E-state index in [1.807, 2.05) is 0 Å². The van der Waals surface area contributed by atoms with Crippen molar-refractivity contribution in [3.63, 3.8) is 0 Å². The molecule has 0 atom stereocenters. The highest BCUT2D eigenvalue weighted by Crippen LogP contribution is 2.17. The summed E-state index contributed by atoms with van der Waals surface area (Å²) >= 11 is 1.73. The summed E-state index contributed by atoms with van der Waals surface area (Å²) in [6, 6.07) is 8.40. The van der Waals surface area contributed by atoms with Gasteiger partial charge in [-0.2, -0.15) is 0 Å². The Hall–Kier alpha value is -2.72. The van der Waals surface area contributed by atoms with Crippen LogP contribution in [0.2, 0.25) is 0 Å². The molecule has 0 fully saturated rings. The standard InChI is InChI=1S/C23H22O2S/c1-21-16-15-17-22(20-21)26-19-14-12-10-8-6-4-2-3-5-7-9-11-13-18-23(24)25/h15-17,20H,4-5,10-11,13,18-19H2,1H3,(H,24,25). The van der Waals surface area contributed by atoms with Gasteiger partial charge in [-0.15, -0.1) is 17.7 Å². The van der Waals surface area contributed by atoms with Gasteiger partial charge in [0, 0.05) is 17.7 Å². The summed E-state index contributed by atoms with van der Waals surface area (Å²) in [5.74, 6) is 23.9. The first-order chi connectivity index (χ1) is 12.7. The van der Waals surface area contributed by atoms with Gasteiger partial charge in [0.05, 0.1) is 25.0 Å². The molecule has 0 aliphatic heterocycles. The molecule has 2 nitrogen and oxygen atoms in total. The van der Waals surface area contributed by atoms with Crippen LogP contribution in [0.3, 0.4) is 0 Å². The number of carbonyl (C=O) groups is 1. The van der Waals surface area contributed by atoms with Gasteiger partial charge in [0.1, 0.15) is 0 Å². The first kappa shape index (κ1) is 21.3. The molecule has 0 amide bonds. The summed E-state index contributed by atoms with van der Waals surface area (Å²) in [4.78, 5) is 11.6. The van der Waals surface area contributed by atoms with Crippen molar-refractivity contribution in [3.05, 3.63) is 29.8 Å². The largest absolute Gasteiger partial charge is 0.481 e. The average molecular weight is 362 g/mol. The number of carboxylic acid groups (broad SMARTS) is 1. The third kappa shape index (κ3) is 12.7. The molecule has 0 saturated heterocycles. The van der Waals surface area contributed by atoms with Crippen molar-refractivity contribution >= 4 is 17.7 Å². The number of thioether (sulfide) groups is 1. The van der Waals surface area contributed by atoms with Gasteiger partial charge in [0.2, 0.25) is 0 Å². The molecule has 1 aromatic carbocycles. The Morgan fingerprint density at radius 1 is 0.962 bits per heavy atom. The number of carboxylic acids is 1. The van der Waals surface area contributed by atoms with E-state index in [2.05, 4.69) is 78.6 Å². The highest BCUT2D eigenvalue weighted by molar-refractivity contribution is 7.99. The summed E-state index contributed by atoms with van der Waals surface area (Å²) in [5.41, 5.74) is 1.26. The van der Waals surface area contributed by atoms with Crippen LogP contribution in [0.25, 0.3) is 0 Å². The fourth-order valence-electron chi connectivity index (χ4n) is 1.80. The van der Waals surface area contributed by atoms with Crippen molar-refractivity contribution in [2.45, 2.75) is 50.3 Å². The molecule has 0 aromatic heterocycles. The number of unbranched alkanes of at least 4 members (excludes halogenated alkanes) is 1. The quantitative estimate of drug-likeness (QED) is 0.475. The first-order valence-electron chi connectivity index (χ1n) is 8.42. The topological polar surface area (TPSA) is 37.3 Å². The minimum absolute atomic E-state index is 0.170. The molecule has 0 aliphatic carbocycles. The molecule has 0 bridgehead atoms. The van der Waals surface area contributed by atoms with Crippen molar-refractivity contribution < 1.29 is 9.90 Å². The molecule has 26 heavy (non-hydrogen) atoms. The maximum Gasteiger partial charge on any atom is 0.303 e. The van der Waals surface area contributed by atoms with Crippen LogP contribution in [0.15, 0.2) is 29.2 Å². The summed E-state index contributed by atoms with van der Waals surface area (Å²) in [6.45, 7) is 2.09. The third-order valence-electron chi connectivity index (χ3n) is 3.02. The first-order valence-corrected chi connectivity index (χ1v) is 9.41. The molecule has 0 radical (unpaired) electrons. The Kier molecular flexibility index (Phi) is 12.0. The molecule has 0 aliphatic rings. The van der Waals surface area contributed by atoms with E-state index in [9.17, 15) is 4.79 Å². The van der Waals surface area contributed by atoms with Crippen molar-refractivity contribution in [2.24, 2.45) is 0 Å². The van der Waals surface area contributed by atoms with E-state index in [-0.39, 0.29) is 6.42 Å². The van der Waals surface area contributed by atoms with Crippen LogP contribution in [-0.2, 0) is 4.79 Å². The highest BCUT2D eigenvalue weighted by atomic mass is 32.2. The van der Waals surface area contributed by atoms with E-state index < -0.39 is 5.97 Å². The van der Waals surface area contributed by atoms with E-state index in [0.717, 1.165) is 5.75 Å². The Labute approximate surface area is 161 Å². The zero-order valence-corrected chi connectivity index (χ0v) is 15.8. The average Bonchev–Trinajstić information content (AvgIpc) is 2.61. The van der Waals surface area contributed by atoms with Gasteiger partial charge < -0.3 is 5.11 Å². The monoisotopic (exact) mass is 362 g/mol. The second-order valence-electron chi connectivity index (χ2n) is 5.30. The summed E-state index contributed by atoms with van der Waals surface area (Å²) in [7, 11) is 0. The van der Waals surface area contributed by atoms with Crippen LogP contribution < -0.4 is 0 Å². The van der Waals surface area contributed by atoms with Crippen molar-refractivity contribution in [2.75, 3.05) is 5.75 Å². The molecule has 0 unspecified atom stereocenters. The molecule has 1 N–H and O–H groups in total. The summed E-state index contributed by atoms with van der Waals surface area (Å²) < 4.78 is 0. The molecular formula is C23H22O2S. The molecule has 0 saturated carbocycles. The van der Waals surface area contributed by atoms with Crippen LogP contribution >= 0.6 is 11.8 Å².